The fourth-order valence-corrected chi connectivity index (χ4v) is 5.47. The Morgan fingerprint density at radius 2 is 1.12 bits per heavy atom. The highest BCUT2D eigenvalue weighted by Crippen LogP contribution is 2.60. The van der Waals surface area contributed by atoms with Crippen LogP contribution in [0.5, 0.6) is 0 Å². The molecule has 174 valence electrons. The van der Waals surface area contributed by atoms with Crippen LogP contribution < -0.4 is 0 Å². The molecule has 0 radical (unpaired) electrons. The summed E-state index contributed by atoms with van der Waals surface area (Å²) in [5.41, 5.74) is 2.44. The van der Waals surface area contributed by atoms with Crippen molar-refractivity contribution in [2.45, 2.75) is 55.3 Å². The number of hydrogen-bond donors (Lipinski definition) is 0. The quantitative estimate of drug-likeness (QED) is 0.500. The van der Waals surface area contributed by atoms with Gasteiger partial charge in [0, 0.05) is 5.56 Å². The highest BCUT2D eigenvalue weighted by atomic mass is 16.9. The van der Waals surface area contributed by atoms with E-state index in [1.165, 1.54) is 0 Å². The Labute approximate surface area is 198 Å². The molecule has 0 aromatic heterocycles. The van der Waals surface area contributed by atoms with Crippen molar-refractivity contribution < 1.29 is 28.4 Å². The zero-order chi connectivity index (χ0) is 22.6. The second-order valence-corrected chi connectivity index (χ2v) is 9.35. The first-order valence-corrected chi connectivity index (χ1v) is 11.8. The van der Waals surface area contributed by atoms with Gasteiger partial charge in [-0.3, -0.25) is 0 Å². The van der Waals surface area contributed by atoms with E-state index in [0.29, 0.717) is 19.8 Å². The molecule has 4 saturated heterocycles. The van der Waals surface area contributed by atoms with Crippen LogP contribution in [0.1, 0.15) is 16.7 Å². The molecule has 0 N–H and O–H groups in total. The lowest BCUT2D eigenvalue weighted by Crippen LogP contribution is -2.80. The van der Waals surface area contributed by atoms with Crippen LogP contribution in [0.15, 0.2) is 91.0 Å². The van der Waals surface area contributed by atoms with Crippen LogP contribution in [0.25, 0.3) is 0 Å². The van der Waals surface area contributed by atoms with Crippen LogP contribution >= 0.6 is 0 Å². The zero-order valence-electron chi connectivity index (χ0n) is 18.6. The van der Waals surface area contributed by atoms with E-state index in [1.807, 2.05) is 66.7 Å². The van der Waals surface area contributed by atoms with Crippen LogP contribution in [0.2, 0.25) is 0 Å². The predicted molar refractivity (Wildman–Crippen MR) is 121 cm³/mol. The van der Waals surface area contributed by atoms with Crippen LogP contribution in [0.4, 0.5) is 0 Å². The Morgan fingerprint density at radius 1 is 0.647 bits per heavy atom. The summed E-state index contributed by atoms with van der Waals surface area (Å²) < 4.78 is 38.7. The Hall–Kier alpha value is -2.58. The van der Waals surface area contributed by atoms with Gasteiger partial charge >= 0.3 is 5.97 Å². The molecular formula is C28H26O6. The van der Waals surface area contributed by atoms with Gasteiger partial charge in [-0.05, 0) is 11.1 Å². The molecule has 0 amide bonds. The molecule has 5 fully saturated rings. The van der Waals surface area contributed by atoms with E-state index in [2.05, 4.69) is 24.3 Å². The van der Waals surface area contributed by atoms with Gasteiger partial charge in [0.1, 0.15) is 36.1 Å². The molecule has 5 aliphatic rings. The van der Waals surface area contributed by atoms with Gasteiger partial charge in [-0.2, -0.15) is 0 Å². The van der Waals surface area contributed by atoms with Crippen molar-refractivity contribution in [3.8, 4) is 0 Å². The van der Waals surface area contributed by atoms with E-state index < -0.39 is 11.6 Å². The van der Waals surface area contributed by atoms with Gasteiger partial charge in [0.05, 0.1) is 19.8 Å². The normalized spacial score (nSPS) is 37.2. The Kier molecular flexibility index (Phi) is 4.88. The van der Waals surface area contributed by atoms with Gasteiger partial charge in [-0.1, -0.05) is 91.0 Å². The van der Waals surface area contributed by atoms with Gasteiger partial charge in [0.15, 0.2) is 0 Å². The van der Waals surface area contributed by atoms with Crippen LogP contribution in [0, 0.1) is 0 Å². The highest BCUT2D eigenvalue weighted by Gasteiger charge is 2.79. The van der Waals surface area contributed by atoms with Crippen molar-refractivity contribution in [1.29, 1.82) is 0 Å². The molecule has 1 aliphatic carbocycles. The maximum Gasteiger partial charge on any atom is 0.313 e. The first kappa shape index (κ1) is 20.8. The van der Waals surface area contributed by atoms with Gasteiger partial charge in [-0.25, -0.2) is 0 Å². The van der Waals surface area contributed by atoms with Crippen LogP contribution in [-0.2, 0) is 47.6 Å². The molecule has 6 heteroatoms. The van der Waals surface area contributed by atoms with Crippen molar-refractivity contribution in [1.82, 2.24) is 0 Å². The second-order valence-electron chi connectivity index (χ2n) is 9.35. The van der Waals surface area contributed by atoms with Gasteiger partial charge in [-0.15, -0.1) is 0 Å². The molecular weight excluding hydrogens is 432 g/mol. The predicted octanol–water partition coefficient (Wildman–Crippen LogP) is 3.93. The zero-order valence-corrected chi connectivity index (χ0v) is 18.6. The number of benzene rings is 3. The Morgan fingerprint density at radius 3 is 1.59 bits per heavy atom. The van der Waals surface area contributed by atoms with E-state index in [1.54, 1.807) is 0 Å². The number of ether oxygens (including phenoxy) is 6. The number of hydrogen-bond acceptors (Lipinski definition) is 6. The van der Waals surface area contributed by atoms with Crippen molar-refractivity contribution in [3.63, 3.8) is 0 Å². The maximum absolute atomic E-state index is 6.57. The van der Waals surface area contributed by atoms with Crippen molar-refractivity contribution in [3.05, 3.63) is 108 Å². The van der Waals surface area contributed by atoms with E-state index in [-0.39, 0.29) is 30.5 Å². The smallest absolute Gasteiger partial charge is 0.313 e. The summed E-state index contributed by atoms with van der Waals surface area (Å²) in [6, 6.07) is 30.1. The van der Waals surface area contributed by atoms with Gasteiger partial charge in [0.2, 0.25) is 0 Å². The second kappa shape index (κ2) is 7.99. The molecule has 3 aromatic carbocycles. The molecule has 3 unspecified atom stereocenters. The summed E-state index contributed by atoms with van der Waals surface area (Å²) in [5, 5.41) is 0. The third-order valence-electron chi connectivity index (χ3n) is 7.24. The van der Waals surface area contributed by atoms with Crippen LogP contribution in [0.3, 0.4) is 0 Å². The van der Waals surface area contributed by atoms with Crippen molar-refractivity contribution >= 4 is 0 Å². The van der Waals surface area contributed by atoms with E-state index >= 15 is 0 Å². The molecule has 1 saturated carbocycles. The van der Waals surface area contributed by atoms with E-state index in [0.717, 1.165) is 16.7 Å². The molecule has 34 heavy (non-hydrogen) atoms. The average molecular weight is 459 g/mol. The summed E-state index contributed by atoms with van der Waals surface area (Å²) in [5.74, 6) is -1.28. The molecule has 3 aromatic rings. The van der Waals surface area contributed by atoms with Gasteiger partial charge in [0.25, 0.3) is 0 Å². The van der Waals surface area contributed by atoms with E-state index in [4.69, 9.17) is 28.4 Å². The number of rotatable bonds is 7. The highest BCUT2D eigenvalue weighted by molar-refractivity contribution is 5.28. The lowest BCUT2D eigenvalue weighted by atomic mass is 9.75. The fourth-order valence-electron chi connectivity index (χ4n) is 5.47. The molecule has 8 rings (SSSR count). The maximum atomic E-state index is 6.57. The third-order valence-corrected chi connectivity index (χ3v) is 7.24. The minimum Gasteiger partial charge on any atom is -0.368 e. The molecule has 4 heterocycles. The van der Waals surface area contributed by atoms with Crippen LogP contribution in [-0.4, -0.2) is 42.7 Å². The first-order chi connectivity index (χ1) is 16.8. The fraction of sp³-hybridized carbons (Fsp3) is 0.357. The Bertz CT molecular complexity index is 1070. The largest absolute Gasteiger partial charge is 0.368 e. The Balaban J connectivity index is 1.22. The topological polar surface area (TPSA) is 58.7 Å². The summed E-state index contributed by atoms with van der Waals surface area (Å²) in [6.45, 7) is 1.46. The van der Waals surface area contributed by atoms with Crippen molar-refractivity contribution in [2.75, 3.05) is 6.61 Å². The minimum atomic E-state index is -1.28. The van der Waals surface area contributed by atoms with Gasteiger partial charge < -0.3 is 28.4 Å². The summed E-state index contributed by atoms with van der Waals surface area (Å²) in [4.78, 5) is 0. The molecule has 1 spiro atoms. The monoisotopic (exact) mass is 458 g/mol. The summed E-state index contributed by atoms with van der Waals surface area (Å²) in [7, 11) is 0. The SMILES string of the molecule is c1ccc(CO[C@@H]2C3OC4(c5ccccc5)O[C@H]2C2(CO2)[C@@H](O4)[C@H]3OCc2ccccc2)cc1. The molecule has 4 aliphatic heterocycles. The van der Waals surface area contributed by atoms with Crippen molar-refractivity contribution in [2.24, 2.45) is 0 Å². The van der Waals surface area contributed by atoms with E-state index in [9.17, 15) is 0 Å². The lowest BCUT2D eigenvalue weighted by Gasteiger charge is -2.62. The lowest BCUT2D eigenvalue weighted by molar-refractivity contribution is -0.550. The molecule has 4 bridgehead atoms. The summed E-state index contributed by atoms with van der Waals surface area (Å²) >= 11 is 0. The molecule has 7 atom stereocenters. The minimum absolute atomic E-state index is 0.314. The first-order valence-electron chi connectivity index (χ1n) is 11.8. The molecule has 6 nitrogen and oxygen atoms in total. The summed E-state index contributed by atoms with van der Waals surface area (Å²) in [6.07, 6.45) is -1.68. The standard InChI is InChI=1S/C28H26O6/c1-4-10-19(11-5-1)16-29-23-22-24(30-17-20-12-6-2-7-13-20)26-27(18-31-27)25(23)33-28(32-22,34-26)21-14-8-3-9-15-21/h1-15,22-26H,16-18H2/t22?,23-,24+,25-,26+,27?,28?. The third kappa shape index (κ3) is 3.26. The average Bonchev–Trinajstić information content (AvgIpc) is 3.69. The number of epoxide rings is 1.